The molecule has 1 spiro atoms. The molecule has 10 heteroatoms. The molecule has 1 saturated heterocycles. The summed E-state index contributed by atoms with van der Waals surface area (Å²) in [6.45, 7) is 3.80. The summed E-state index contributed by atoms with van der Waals surface area (Å²) in [5.41, 5.74) is 0.286. The number of carbonyl (C=O) groups excluding carboxylic acids is 4. The Hall–Kier alpha value is -3.69. The normalized spacial score (nSPS) is 24.5. The number of para-hydroxylation sites is 1. The van der Waals surface area contributed by atoms with E-state index in [0.717, 1.165) is 11.3 Å². The third kappa shape index (κ3) is 3.42. The number of nitrogens with zero attached hydrogens (tertiary/aromatic N) is 3. The Balaban J connectivity index is 2.07. The molecule has 3 atom stereocenters. The molecule has 3 aliphatic rings. The van der Waals surface area contributed by atoms with Crippen LogP contribution in [0.15, 0.2) is 40.5 Å². The van der Waals surface area contributed by atoms with Gasteiger partial charge in [-0.05, 0) is 24.0 Å². The summed E-state index contributed by atoms with van der Waals surface area (Å²) >= 11 is 0. The number of methoxy groups -OCH3 is 3. The Labute approximate surface area is 203 Å². The summed E-state index contributed by atoms with van der Waals surface area (Å²) in [7, 11) is 5.47. The summed E-state index contributed by atoms with van der Waals surface area (Å²) < 4.78 is 15.1. The Morgan fingerprint density at radius 3 is 2.31 bits per heavy atom. The van der Waals surface area contributed by atoms with Crippen molar-refractivity contribution in [3.63, 3.8) is 0 Å². The van der Waals surface area contributed by atoms with Crippen LogP contribution in [-0.4, -0.2) is 75.0 Å². The van der Waals surface area contributed by atoms with Crippen LogP contribution in [0.2, 0.25) is 0 Å². The number of hydrogen-bond donors (Lipinski definition) is 0. The molecule has 35 heavy (non-hydrogen) atoms. The number of fused-ring (bicyclic) bond motifs is 1. The summed E-state index contributed by atoms with van der Waals surface area (Å²) in [6, 6.07) is 5.74. The van der Waals surface area contributed by atoms with Gasteiger partial charge in [0, 0.05) is 19.2 Å². The van der Waals surface area contributed by atoms with Gasteiger partial charge in [-0.25, -0.2) is 19.4 Å². The molecule has 0 bridgehead atoms. The fourth-order valence-electron chi connectivity index (χ4n) is 5.61. The summed E-state index contributed by atoms with van der Waals surface area (Å²) in [5, 5.41) is 0. The monoisotopic (exact) mass is 483 g/mol. The second kappa shape index (κ2) is 8.83. The van der Waals surface area contributed by atoms with Crippen molar-refractivity contribution >= 4 is 35.3 Å². The van der Waals surface area contributed by atoms with Crippen LogP contribution in [0.5, 0.6) is 0 Å². The highest BCUT2D eigenvalue weighted by Crippen LogP contribution is 2.57. The van der Waals surface area contributed by atoms with Crippen LogP contribution in [0.3, 0.4) is 0 Å². The maximum Gasteiger partial charge on any atom is 0.357 e. The Morgan fingerprint density at radius 2 is 1.71 bits per heavy atom. The van der Waals surface area contributed by atoms with Gasteiger partial charge in [-0.15, -0.1) is 0 Å². The topological polar surface area (TPSA) is 115 Å². The molecule has 2 unspecified atom stereocenters. The number of rotatable bonds is 5. The Morgan fingerprint density at radius 1 is 1.06 bits per heavy atom. The average Bonchev–Trinajstić information content (AvgIpc) is 3.32. The first-order chi connectivity index (χ1) is 16.6. The SMILES string of the molecule is COC(=O)C1=C(C(=O)OC)C2N(C)c3ccccc3[C@@]23CC(C(=O)OC)N(C(=O)CC(C)C)C3=N1. The summed E-state index contributed by atoms with van der Waals surface area (Å²) in [5.74, 6) is -2.25. The van der Waals surface area contributed by atoms with Crippen LogP contribution in [-0.2, 0) is 38.8 Å². The van der Waals surface area contributed by atoms with E-state index in [1.165, 1.54) is 26.2 Å². The highest BCUT2D eigenvalue weighted by atomic mass is 16.5. The standard InChI is InChI=1S/C25H29N3O7/c1-13(2)11-17(29)28-16(21(30)33-4)12-25-14-9-7-8-10-15(14)27(3)20(25)18(22(31)34-5)19(23(32)35-6)26-24(25)28/h7-10,13,16,20H,11-12H2,1-6H3/t16?,20?,25-/m0/s1. The first-order valence-electron chi connectivity index (χ1n) is 11.4. The number of aliphatic imine (C=N–C) groups is 1. The lowest BCUT2D eigenvalue weighted by atomic mass is 9.69. The third-order valence-electron chi connectivity index (χ3n) is 6.93. The number of benzene rings is 1. The number of anilines is 1. The maximum atomic E-state index is 13.5. The van der Waals surface area contributed by atoms with Crippen LogP contribution in [0.4, 0.5) is 5.69 Å². The minimum atomic E-state index is -1.07. The molecule has 0 aliphatic carbocycles. The molecule has 1 aromatic rings. The molecule has 3 aliphatic heterocycles. The number of carbonyl (C=O) groups is 4. The van der Waals surface area contributed by atoms with Gasteiger partial charge in [-0.1, -0.05) is 32.0 Å². The first-order valence-corrected chi connectivity index (χ1v) is 11.4. The largest absolute Gasteiger partial charge is 0.467 e. The second-order valence-electron chi connectivity index (χ2n) is 9.29. The molecule has 1 aromatic carbocycles. The van der Waals surface area contributed by atoms with E-state index in [2.05, 4.69) is 4.99 Å². The third-order valence-corrected chi connectivity index (χ3v) is 6.93. The number of hydrogen-bond acceptors (Lipinski definition) is 9. The van der Waals surface area contributed by atoms with Crippen molar-refractivity contribution in [2.75, 3.05) is 33.3 Å². The van der Waals surface area contributed by atoms with Crippen molar-refractivity contribution in [1.82, 2.24) is 4.90 Å². The minimum absolute atomic E-state index is 0.0112. The lowest BCUT2D eigenvalue weighted by Gasteiger charge is -2.39. The highest BCUT2D eigenvalue weighted by molar-refractivity contribution is 6.17. The van der Waals surface area contributed by atoms with E-state index in [9.17, 15) is 19.2 Å². The molecule has 4 rings (SSSR count). The smallest absolute Gasteiger partial charge is 0.357 e. The quantitative estimate of drug-likeness (QED) is 0.458. The molecule has 0 aromatic heterocycles. The van der Waals surface area contributed by atoms with Crippen molar-refractivity contribution in [1.29, 1.82) is 0 Å². The number of amidine groups is 1. The van der Waals surface area contributed by atoms with Gasteiger partial charge in [0.1, 0.15) is 11.9 Å². The molecule has 1 amide bonds. The lowest BCUT2D eigenvalue weighted by Crippen LogP contribution is -2.55. The van der Waals surface area contributed by atoms with E-state index in [1.807, 2.05) is 43.0 Å². The van der Waals surface area contributed by atoms with Crippen molar-refractivity contribution in [2.45, 2.75) is 44.2 Å². The van der Waals surface area contributed by atoms with E-state index in [4.69, 9.17) is 14.2 Å². The van der Waals surface area contributed by atoms with Gasteiger partial charge in [0.05, 0.1) is 38.4 Å². The summed E-state index contributed by atoms with van der Waals surface area (Å²) in [4.78, 5) is 60.3. The molecular formula is C25H29N3O7. The van der Waals surface area contributed by atoms with Crippen molar-refractivity contribution in [3.8, 4) is 0 Å². The van der Waals surface area contributed by atoms with E-state index >= 15 is 0 Å². The molecule has 186 valence electrons. The Kier molecular flexibility index (Phi) is 6.16. The van der Waals surface area contributed by atoms with Gasteiger partial charge in [0.25, 0.3) is 0 Å². The van der Waals surface area contributed by atoms with E-state index in [-0.39, 0.29) is 41.8 Å². The van der Waals surface area contributed by atoms with Gasteiger partial charge in [-0.2, -0.15) is 0 Å². The predicted octanol–water partition coefficient (Wildman–Crippen LogP) is 1.57. The van der Waals surface area contributed by atoms with Gasteiger partial charge >= 0.3 is 17.9 Å². The molecule has 10 nitrogen and oxygen atoms in total. The van der Waals surface area contributed by atoms with Crippen LogP contribution < -0.4 is 4.90 Å². The van der Waals surface area contributed by atoms with Crippen molar-refractivity contribution < 1.29 is 33.4 Å². The minimum Gasteiger partial charge on any atom is -0.467 e. The van der Waals surface area contributed by atoms with Gasteiger partial charge < -0.3 is 19.1 Å². The molecule has 1 fully saturated rings. The van der Waals surface area contributed by atoms with Crippen LogP contribution in [0.25, 0.3) is 0 Å². The zero-order valence-corrected chi connectivity index (χ0v) is 20.7. The maximum absolute atomic E-state index is 13.5. The van der Waals surface area contributed by atoms with Crippen LogP contribution >= 0.6 is 0 Å². The molecule has 0 N–H and O–H groups in total. The zero-order valence-electron chi connectivity index (χ0n) is 20.7. The number of amides is 1. The number of likely N-dealkylation sites (tertiary alicyclic amines) is 1. The molecule has 0 radical (unpaired) electrons. The fourth-order valence-corrected chi connectivity index (χ4v) is 5.61. The average molecular weight is 484 g/mol. The first kappa shape index (κ1) is 24.4. The van der Waals surface area contributed by atoms with Gasteiger partial charge in [0.15, 0.2) is 5.70 Å². The zero-order chi connectivity index (χ0) is 25.7. The summed E-state index contributed by atoms with van der Waals surface area (Å²) in [6.07, 6.45) is 0.287. The van der Waals surface area contributed by atoms with E-state index in [1.54, 1.807) is 7.05 Å². The van der Waals surface area contributed by atoms with Crippen molar-refractivity contribution in [3.05, 3.63) is 41.1 Å². The van der Waals surface area contributed by atoms with E-state index in [0.29, 0.717) is 0 Å². The second-order valence-corrected chi connectivity index (χ2v) is 9.29. The van der Waals surface area contributed by atoms with Crippen LogP contribution in [0.1, 0.15) is 32.3 Å². The fraction of sp³-hybridized carbons (Fsp3) is 0.480. The van der Waals surface area contributed by atoms with Crippen LogP contribution in [0, 0.1) is 5.92 Å². The van der Waals surface area contributed by atoms with Gasteiger partial charge in [0.2, 0.25) is 5.91 Å². The lowest BCUT2D eigenvalue weighted by molar-refractivity contribution is -0.149. The highest BCUT2D eigenvalue weighted by Gasteiger charge is 2.67. The molecule has 0 saturated carbocycles. The number of esters is 3. The number of likely N-dealkylation sites (N-methyl/N-ethyl adjacent to an activating group) is 1. The Bertz CT molecular complexity index is 1170. The predicted molar refractivity (Wildman–Crippen MR) is 126 cm³/mol. The van der Waals surface area contributed by atoms with Gasteiger partial charge in [-0.3, -0.25) is 9.69 Å². The van der Waals surface area contributed by atoms with E-state index < -0.39 is 35.4 Å². The molecular weight excluding hydrogens is 454 g/mol. The van der Waals surface area contributed by atoms with Crippen molar-refractivity contribution in [2.24, 2.45) is 10.9 Å². The molecule has 3 heterocycles. The number of ether oxygens (including phenoxy) is 3.